The van der Waals surface area contributed by atoms with Gasteiger partial charge in [0.15, 0.2) is 0 Å². The summed E-state index contributed by atoms with van der Waals surface area (Å²) in [5, 5.41) is 0. The fourth-order valence-electron chi connectivity index (χ4n) is 2.57. The van der Waals surface area contributed by atoms with Crippen molar-refractivity contribution in [2.24, 2.45) is 5.73 Å². The molecule has 0 aliphatic heterocycles. The van der Waals surface area contributed by atoms with E-state index < -0.39 is 0 Å². The molecule has 0 heterocycles. The van der Waals surface area contributed by atoms with Gasteiger partial charge in [-0.3, -0.25) is 4.79 Å². The summed E-state index contributed by atoms with van der Waals surface area (Å²) in [5.74, 6) is 0.0534. The summed E-state index contributed by atoms with van der Waals surface area (Å²) >= 11 is 0. The van der Waals surface area contributed by atoms with Gasteiger partial charge in [-0.2, -0.15) is 0 Å². The first-order chi connectivity index (χ1) is 8.99. The van der Waals surface area contributed by atoms with E-state index in [2.05, 4.69) is 27.7 Å². The lowest BCUT2D eigenvalue weighted by atomic mass is 9.93. The topological polar surface area (TPSA) is 46.3 Å². The highest BCUT2D eigenvalue weighted by Gasteiger charge is 2.28. The van der Waals surface area contributed by atoms with Crippen molar-refractivity contribution >= 4 is 5.91 Å². The number of hydrogen-bond acceptors (Lipinski definition) is 2. The summed E-state index contributed by atoms with van der Waals surface area (Å²) in [5.41, 5.74) is 6.75. The van der Waals surface area contributed by atoms with Crippen LogP contribution in [0.15, 0.2) is 30.3 Å². The van der Waals surface area contributed by atoms with Crippen molar-refractivity contribution in [2.75, 3.05) is 6.54 Å². The Kier molecular flexibility index (Phi) is 6.03. The molecule has 0 radical (unpaired) electrons. The molecule has 1 aromatic rings. The Hall–Kier alpha value is -1.35. The molecule has 0 aliphatic rings. The van der Waals surface area contributed by atoms with Crippen LogP contribution in [0.3, 0.4) is 0 Å². The monoisotopic (exact) mass is 262 g/mol. The average Bonchev–Trinajstić information content (AvgIpc) is 2.36. The van der Waals surface area contributed by atoms with Gasteiger partial charge in [-0.15, -0.1) is 0 Å². The van der Waals surface area contributed by atoms with Crippen LogP contribution in [-0.2, 0) is 4.79 Å². The predicted molar refractivity (Wildman–Crippen MR) is 80.0 cm³/mol. The first kappa shape index (κ1) is 15.7. The second kappa shape index (κ2) is 7.29. The van der Waals surface area contributed by atoms with E-state index in [1.807, 2.05) is 35.2 Å². The lowest BCUT2D eigenvalue weighted by Crippen LogP contribution is -2.44. The molecule has 3 heteroatoms. The van der Waals surface area contributed by atoms with Crippen molar-refractivity contribution in [1.29, 1.82) is 0 Å². The van der Waals surface area contributed by atoms with Crippen molar-refractivity contribution in [2.45, 2.75) is 52.1 Å². The van der Waals surface area contributed by atoms with Gasteiger partial charge < -0.3 is 10.6 Å². The van der Waals surface area contributed by atoms with Gasteiger partial charge in [0.1, 0.15) is 0 Å². The molecule has 3 nitrogen and oxygen atoms in total. The smallest absolute Gasteiger partial charge is 0.230 e. The van der Waals surface area contributed by atoms with Gasteiger partial charge in [0, 0.05) is 12.1 Å². The molecule has 1 aromatic carbocycles. The van der Waals surface area contributed by atoms with E-state index in [4.69, 9.17) is 5.73 Å². The van der Waals surface area contributed by atoms with Crippen LogP contribution in [0.2, 0.25) is 0 Å². The van der Waals surface area contributed by atoms with Crippen LogP contribution in [0.25, 0.3) is 0 Å². The zero-order valence-corrected chi connectivity index (χ0v) is 12.5. The molecule has 0 aliphatic carbocycles. The third-order valence-electron chi connectivity index (χ3n) is 3.32. The molecule has 19 heavy (non-hydrogen) atoms. The number of hydrogen-bond donors (Lipinski definition) is 1. The Bertz CT molecular complexity index is 379. The van der Waals surface area contributed by atoms with Gasteiger partial charge >= 0.3 is 0 Å². The lowest BCUT2D eigenvalue weighted by Gasteiger charge is -2.34. The molecular formula is C16H26N2O. The summed E-state index contributed by atoms with van der Waals surface area (Å²) in [7, 11) is 0. The highest BCUT2D eigenvalue weighted by molar-refractivity contribution is 5.84. The third-order valence-corrected chi connectivity index (χ3v) is 3.32. The summed E-state index contributed by atoms with van der Waals surface area (Å²) in [6, 6.07) is 10.3. The minimum absolute atomic E-state index is 0.129. The van der Waals surface area contributed by atoms with Gasteiger partial charge in [-0.25, -0.2) is 0 Å². The SMILES string of the molecule is CC(C)N(C(=O)C(CCN)c1ccccc1)C(C)C. The molecular weight excluding hydrogens is 236 g/mol. The Balaban J connectivity index is 3.02. The Morgan fingerprint density at radius 3 is 2.05 bits per heavy atom. The molecule has 0 spiro atoms. The Morgan fingerprint density at radius 1 is 1.11 bits per heavy atom. The predicted octanol–water partition coefficient (Wildman–Crippen LogP) is 2.76. The number of carbonyl (C=O) groups excluding carboxylic acids is 1. The largest absolute Gasteiger partial charge is 0.337 e. The summed E-state index contributed by atoms with van der Waals surface area (Å²) in [6.07, 6.45) is 0.693. The normalized spacial score (nSPS) is 12.8. The Morgan fingerprint density at radius 2 is 1.63 bits per heavy atom. The van der Waals surface area contributed by atoms with Crippen molar-refractivity contribution in [3.63, 3.8) is 0 Å². The number of rotatable bonds is 6. The van der Waals surface area contributed by atoms with Crippen LogP contribution >= 0.6 is 0 Å². The second-order valence-electron chi connectivity index (χ2n) is 5.47. The lowest BCUT2D eigenvalue weighted by molar-refractivity contribution is -0.136. The highest BCUT2D eigenvalue weighted by atomic mass is 16.2. The van der Waals surface area contributed by atoms with Crippen molar-refractivity contribution in [1.82, 2.24) is 4.90 Å². The van der Waals surface area contributed by atoms with Crippen molar-refractivity contribution < 1.29 is 4.79 Å². The zero-order chi connectivity index (χ0) is 14.4. The van der Waals surface area contributed by atoms with E-state index in [0.717, 1.165) is 5.56 Å². The van der Waals surface area contributed by atoms with Crippen LogP contribution in [0.1, 0.15) is 45.6 Å². The standard InChI is InChI=1S/C16H26N2O/c1-12(2)18(13(3)4)16(19)15(10-11-17)14-8-6-5-7-9-14/h5-9,12-13,15H,10-11,17H2,1-4H3. The molecule has 2 N–H and O–H groups in total. The highest BCUT2D eigenvalue weighted by Crippen LogP contribution is 2.24. The molecule has 0 saturated heterocycles. The van der Waals surface area contributed by atoms with Crippen molar-refractivity contribution in [3.05, 3.63) is 35.9 Å². The number of nitrogens with zero attached hydrogens (tertiary/aromatic N) is 1. The van der Waals surface area contributed by atoms with E-state index >= 15 is 0 Å². The van der Waals surface area contributed by atoms with Gasteiger partial charge in [0.2, 0.25) is 5.91 Å². The number of nitrogens with two attached hydrogens (primary N) is 1. The van der Waals surface area contributed by atoms with Crippen LogP contribution < -0.4 is 5.73 Å². The summed E-state index contributed by atoms with van der Waals surface area (Å²) in [4.78, 5) is 14.7. The molecule has 106 valence electrons. The minimum Gasteiger partial charge on any atom is -0.337 e. The van der Waals surface area contributed by atoms with Crippen LogP contribution in [0.4, 0.5) is 0 Å². The first-order valence-corrected chi connectivity index (χ1v) is 7.06. The molecule has 1 atom stereocenters. The summed E-state index contributed by atoms with van der Waals surface area (Å²) in [6.45, 7) is 8.75. The van der Waals surface area contributed by atoms with E-state index in [9.17, 15) is 4.79 Å². The molecule has 0 bridgehead atoms. The Labute approximate surface area is 116 Å². The molecule has 0 aromatic heterocycles. The van der Waals surface area contributed by atoms with E-state index in [1.165, 1.54) is 0 Å². The second-order valence-corrected chi connectivity index (χ2v) is 5.47. The van der Waals surface area contributed by atoms with Gasteiger partial charge in [0.25, 0.3) is 0 Å². The van der Waals surface area contributed by atoms with Crippen LogP contribution in [0.5, 0.6) is 0 Å². The maximum atomic E-state index is 12.8. The van der Waals surface area contributed by atoms with Gasteiger partial charge in [0.05, 0.1) is 5.92 Å². The quantitative estimate of drug-likeness (QED) is 0.857. The third kappa shape index (κ3) is 4.06. The molecule has 0 saturated carbocycles. The van der Waals surface area contributed by atoms with E-state index in [1.54, 1.807) is 0 Å². The fraction of sp³-hybridized carbons (Fsp3) is 0.562. The molecule has 1 amide bonds. The van der Waals surface area contributed by atoms with E-state index in [0.29, 0.717) is 13.0 Å². The van der Waals surface area contributed by atoms with Gasteiger partial charge in [-0.1, -0.05) is 30.3 Å². The average molecular weight is 262 g/mol. The minimum atomic E-state index is -0.129. The van der Waals surface area contributed by atoms with Crippen molar-refractivity contribution in [3.8, 4) is 0 Å². The first-order valence-electron chi connectivity index (χ1n) is 7.06. The number of carbonyl (C=O) groups is 1. The van der Waals surface area contributed by atoms with Crippen LogP contribution in [-0.4, -0.2) is 29.4 Å². The number of benzene rings is 1. The molecule has 0 fully saturated rings. The zero-order valence-electron chi connectivity index (χ0n) is 12.5. The van der Waals surface area contributed by atoms with Gasteiger partial charge in [-0.05, 0) is 46.2 Å². The van der Waals surface area contributed by atoms with Crippen LogP contribution in [0, 0.1) is 0 Å². The fourth-order valence-corrected chi connectivity index (χ4v) is 2.57. The number of amides is 1. The maximum Gasteiger partial charge on any atom is 0.230 e. The summed E-state index contributed by atoms with van der Waals surface area (Å²) < 4.78 is 0. The van der Waals surface area contributed by atoms with E-state index in [-0.39, 0.29) is 23.9 Å². The molecule has 1 rings (SSSR count). The molecule has 1 unspecified atom stereocenters. The maximum absolute atomic E-state index is 12.8.